The average Bonchev–Trinajstić information content (AvgIpc) is 3.21. The first-order chi connectivity index (χ1) is 13.7. The van der Waals surface area contributed by atoms with E-state index in [0.717, 1.165) is 56.2 Å². The fourth-order valence-corrected chi connectivity index (χ4v) is 4.00. The second-order valence-electron chi connectivity index (χ2n) is 7.61. The predicted octanol–water partition coefficient (Wildman–Crippen LogP) is 2.64. The van der Waals surface area contributed by atoms with Gasteiger partial charge in [0.25, 0.3) is 0 Å². The third-order valence-corrected chi connectivity index (χ3v) is 5.76. The van der Waals surface area contributed by atoms with Crippen LogP contribution in [0.3, 0.4) is 0 Å². The van der Waals surface area contributed by atoms with Crippen LogP contribution in [0.25, 0.3) is 0 Å². The number of aliphatic imine (C=N–C) groups is 1. The van der Waals surface area contributed by atoms with Crippen LogP contribution < -0.4 is 16.0 Å². The Bertz CT molecular complexity index is 821. The van der Waals surface area contributed by atoms with Crippen LogP contribution in [-0.4, -0.2) is 48.6 Å². The van der Waals surface area contributed by atoms with Gasteiger partial charge < -0.3 is 20.9 Å². The normalized spacial score (nSPS) is 17.6. The molecule has 1 aliphatic carbocycles. The van der Waals surface area contributed by atoms with Gasteiger partial charge in [0.2, 0.25) is 0 Å². The number of guanidine groups is 1. The lowest BCUT2D eigenvalue weighted by Crippen LogP contribution is -2.46. The minimum absolute atomic E-state index is 0.442. The Balaban J connectivity index is 1.31. The molecule has 1 saturated heterocycles. The van der Waals surface area contributed by atoms with Crippen molar-refractivity contribution in [1.82, 2.24) is 9.88 Å². The summed E-state index contributed by atoms with van der Waals surface area (Å²) in [6, 6.07) is 10.7. The van der Waals surface area contributed by atoms with E-state index in [1.165, 1.54) is 24.0 Å². The second kappa shape index (κ2) is 8.61. The molecule has 28 heavy (non-hydrogen) atoms. The van der Waals surface area contributed by atoms with Crippen LogP contribution in [0.5, 0.6) is 0 Å². The van der Waals surface area contributed by atoms with Crippen molar-refractivity contribution in [3.8, 4) is 0 Å². The number of fused-ring (bicyclic) bond motifs is 1. The summed E-state index contributed by atoms with van der Waals surface area (Å²) in [6.45, 7) is 8.16. The first-order valence-corrected chi connectivity index (χ1v) is 10.3. The van der Waals surface area contributed by atoms with Gasteiger partial charge in [-0.1, -0.05) is 19.1 Å². The summed E-state index contributed by atoms with van der Waals surface area (Å²) in [5, 5.41) is 3.21. The number of hydrogen-bond acceptors (Lipinski definition) is 4. The number of anilines is 2. The van der Waals surface area contributed by atoms with Gasteiger partial charge in [0.05, 0.1) is 6.54 Å². The molecule has 1 aromatic carbocycles. The molecular formula is C22H30N6. The van der Waals surface area contributed by atoms with Crippen molar-refractivity contribution in [2.75, 3.05) is 42.9 Å². The SMILES string of the molecule is CCN1CCN(c2ccc(CN=C(N)Nc3ccc4c(c3)CCC4)cn2)CC1. The highest BCUT2D eigenvalue weighted by atomic mass is 15.3. The number of rotatable bonds is 5. The Labute approximate surface area is 167 Å². The zero-order chi connectivity index (χ0) is 19.3. The Kier molecular flexibility index (Phi) is 5.76. The Morgan fingerprint density at radius 3 is 2.68 bits per heavy atom. The quantitative estimate of drug-likeness (QED) is 0.618. The average molecular weight is 379 g/mol. The number of nitrogens with one attached hydrogen (secondary N) is 1. The topological polar surface area (TPSA) is 69.8 Å². The summed E-state index contributed by atoms with van der Waals surface area (Å²) in [4.78, 5) is 13.9. The second-order valence-corrected chi connectivity index (χ2v) is 7.61. The van der Waals surface area contributed by atoms with E-state index in [2.05, 4.69) is 62.3 Å². The van der Waals surface area contributed by atoms with Crippen molar-refractivity contribution in [3.63, 3.8) is 0 Å². The number of nitrogens with zero attached hydrogens (tertiary/aromatic N) is 4. The van der Waals surface area contributed by atoms with Crippen LogP contribution in [0.15, 0.2) is 41.5 Å². The summed E-state index contributed by atoms with van der Waals surface area (Å²) >= 11 is 0. The summed E-state index contributed by atoms with van der Waals surface area (Å²) in [7, 11) is 0. The Morgan fingerprint density at radius 2 is 1.93 bits per heavy atom. The van der Waals surface area contributed by atoms with Crippen molar-refractivity contribution in [3.05, 3.63) is 53.2 Å². The molecular weight excluding hydrogens is 348 g/mol. The van der Waals surface area contributed by atoms with Crippen LogP contribution >= 0.6 is 0 Å². The molecule has 1 aromatic heterocycles. The smallest absolute Gasteiger partial charge is 0.193 e. The van der Waals surface area contributed by atoms with Crippen LogP contribution in [0.1, 0.15) is 30.0 Å². The van der Waals surface area contributed by atoms with E-state index < -0.39 is 0 Å². The molecule has 2 aromatic rings. The van der Waals surface area contributed by atoms with E-state index in [9.17, 15) is 0 Å². The minimum atomic E-state index is 0.442. The molecule has 2 aliphatic rings. The van der Waals surface area contributed by atoms with Gasteiger partial charge >= 0.3 is 0 Å². The van der Waals surface area contributed by atoms with E-state index in [4.69, 9.17) is 5.73 Å². The third-order valence-electron chi connectivity index (χ3n) is 5.76. The van der Waals surface area contributed by atoms with Crippen molar-refractivity contribution in [1.29, 1.82) is 0 Å². The molecule has 1 aliphatic heterocycles. The highest BCUT2D eigenvalue weighted by Gasteiger charge is 2.16. The van der Waals surface area contributed by atoms with Crippen molar-refractivity contribution in [2.24, 2.45) is 10.7 Å². The molecule has 0 radical (unpaired) electrons. The maximum atomic E-state index is 6.08. The molecule has 0 unspecified atom stereocenters. The van der Waals surface area contributed by atoms with Gasteiger partial charge in [0.1, 0.15) is 5.82 Å². The maximum Gasteiger partial charge on any atom is 0.193 e. The molecule has 4 rings (SSSR count). The summed E-state index contributed by atoms with van der Waals surface area (Å²) in [5.41, 5.74) is 11.0. The Hall–Kier alpha value is -2.60. The minimum Gasteiger partial charge on any atom is -0.370 e. The number of aryl methyl sites for hydroxylation is 2. The predicted molar refractivity (Wildman–Crippen MR) is 116 cm³/mol. The van der Waals surface area contributed by atoms with Crippen molar-refractivity contribution in [2.45, 2.75) is 32.7 Å². The number of pyridine rings is 1. The van der Waals surface area contributed by atoms with E-state index in [1.807, 2.05) is 6.20 Å². The molecule has 6 nitrogen and oxygen atoms in total. The largest absolute Gasteiger partial charge is 0.370 e. The van der Waals surface area contributed by atoms with Crippen LogP contribution in [0.4, 0.5) is 11.5 Å². The van der Waals surface area contributed by atoms with Gasteiger partial charge in [-0.25, -0.2) is 9.98 Å². The first kappa shape index (κ1) is 18.7. The van der Waals surface area contributed by atoms with Crippen molar-refractivity contribution < 1.29 is 0 Å². The molecule has 0 amide bonds. The third kappa shape index (κ3) is 4.44. The number of hydrogen-bond donors (Lipinski definition) is 2. The van der Waals surface area contributed by atoms with Gasteiger partial charge in [0.15, 0.2) is 5.96 Å². The molecule has 0 atom stereocenters. The lowest BCUT2D eigenvalue weighted by Gasteiger charge is -2.34. The summed E-state index contributed by atoms with van der Waals surface area (Å²) in [5.74, 6) is 1.49. The fourth-order valence-electron chi connectivity index (χ4n) is 4.00. The van der Waals surface area contributed by atoms with Gasteiger partial charge in [0, 0.05) is 38.1 Å². The van der Waals surface area contributed by atoms with E-state index >= 15 is 0 Å². The number of piperazine rings is 1. The maximum absolute atomic E-state index is 6.08. The van der Waals surface area contributed by atoms with E-state index in [-0.39, 0.29) is 0 Å². The molecule has 6 heteroatoms. The fraction of sp³-hybridized carbons (Fsp3) is 0.455. The van der Waals surface area contributed by atoms with Gasteiger partial charge in [-0.05, 0) is 60.7 Å². The molecule has 1 fully saturated rings. The van der Waals surface area contributed by atoms with Crippen molar-refractivity contribution >= 4 is 17.5 Å². The first-order valence-electron chi connectivity index (χ1n) is 10.3. The molecule has 2 heterocycles. The number of aromatic nitrogens is 1. The summed E-state index contributed by atoms with van der Waals surface area (Å²) < 4.78 is 0. The molecule has 3 N–H and O–H groups in total. The number of benzene rings is 1. The molecule has 0 spiro atoms. The van der Waals surface area contributed by atoms with Crippen LogP contribution in [-0.2, 0) is 19.4 Å². The molecule has 0 saturated carbocycles. The Morgan fingerprint density at radius 1 is 1.11 bits per heavy atom. The van der Waals surface area contributed by atoms with Crippen LogP contribution in [0, 0.1) is 0 Å². The monoisotopic (exact) mass is 378 g/mol. The lowest BCUT2D eigenvalue weighted by molar-refractivity contribution is 0.270. The van der Waals surface area contributed by atoms with E-state index in [0.29, 0.717) is 12.5 Å². The number of nitrogens with two attached hydrogens (primary N) is 1. The molecule has 0 bridgehead atoms. The highest BCUT2D eigenvalue weighted by Crippen LogP contribution is 2.24. The van der Waals surface area contributed by atoms with E-state index in [1.54, 1.807) is 0 Å². The molecule has 148 valence electrons. The van der Waals surface area contributed by atoms with Crippen LogP contribution in [0.2, 0.25) is 0 Å². The highest BCUT2D eigenvalue weighted by molar-refractivity contribution is 5.92. The summed E-state index contributed by atoms with van der Waals surface area (Å²) in [6.07, 6.45) is 5.51. The zero-order valence-corrected chi connectivity index (χ0v) is 16.7. The van der Waals surface area contributed by atoms with Gasteiger partial charge in [-0.15, -0.1) is 0 Å². The zero-order valence-electron chi connectivity index (χ0n) is 16.7. The standard InChI is InChI=1S/C22H30N6/c1-2-27-10-12-28(13-11-27)21-9-6-17(15-24-21)16-25-22(23)26-20-8-7-18-4-3-5-19(18)14-20/h6-9,14-15H,2-5,10-13,16H2,1H3,(H3,23,25,26). The van der Waals surface area contributed by atoms with Gasteiger partial charge in [-0.3, -0.25) is 0 Å². The van der Waals surface area contributed by atoms with Gasteiger partial charge in [-0.2, -0.15) is 0 Å². The number of likely N-dealkylation sites (N-methyl/N-ethyl adjacent to an activating group) is 1. The lowest BCUT2D eigenvalue weighted by atomic mass is 10.1.